The lowest BCUT2D eigenvalue weighted by atomic mass is 9.89. The Morgan fingerprint density at radius 2 is 1.96 bits per heavy atom. The molecule has 0 saturated heterocycles. The summed E-state index contributed by atoms with van der Waals surface area (Å²) in [4.78, 5) is 20.8. The van der Waals surface area contributed by atoms with Crippen LogP contribution in [0.4, 0.5) is 11.8 Å². The SMILES string of the molecule is Cn1ncc2c1NC(=O)CC2c1cnc(NCc2ccccc2)nc1. The highest BCUT2D eigenvalue weighted by Gasteiger charge is 2.29. The third-order valence-electron chi connectivity index (χ3n) is 4.36. The van der Waals surface area contributed by atoms with Crippen molar-refractivity contribution in [2.45, 2.75) is 18.9 Å². The Kier molecular flexibility index (Phi) is 3.89. The Morgan fingerprint density at radius 1 is 1.20 bits per heavy atom. The number of aromatic nitrogens is 4. The highest BCUT2D eigenvalue weighted by molar-refractivity contribution is 5.94. The minimum atomic E-state index is -0.0689. The van der Waals surface area contributed by atoms with E-state index in [1.165, 1.54) is 5.56 Å². The van der Waals surface area contributed by atoms with Gasteiger partial charge in [0.2, 0.25) is 11.9 Å². The fraction of sp³-hybridized carbons (Fsp3) is 0.222. The van der Waals surface area contributed by atoms with E-state index >= 15 is 0 Å². The van der Waals surface area contributed by atoms with Gasteiger partial charge in [0.05, 0.1) is 6.20 Å². The van der Waals surface area contributed by atoms with E-state index < -0.39 is 0 Å². The second-order valence-electron chi connectivity index (χ2n) is 6.06. The third kappa shape index (κ3) is 3.08. The van der Waals surface area contributed by atoms with Crippen LogP contribution in [-0.2, 0) is 18.4 Å². The lowest BCUT2D eigenvalue weighted by molar-refractivity contribution is -0.116. The second kappa shape index (κ2) is 6.35. The van der Waals surface area contributed by atoms with Gasteiger partial charge in [0.15, 0.2) is 0 Å². The lowest BCUT2D eigenvalue weighted by Gasteiger charge is -2.22. The Morgan fingerprint density at radius 3 is 2.72 bits per heavy atom. The second-order valence-corrected chi connectivity index (χ2v) is 6.06. The van der Waals surface area contributed by atoms with Crippen molar-refractivity contribution in [3.63, 3.8) is 0 Å². The van der Waals surface area contributed by atoms with Gasteiger partial charge in [-0.2, -0.15) is 5.10 Å². The van der Waals surface area contributed by atoms with Crippen LogP contribution >= 0.6 is 0 Å². The van der Waals surface area contributed by atoms with Crippen molar-refractivity contribution in [1.82, 2.24) is 19.7 Å². The van der Waals surface area contributed by atoms with Crippen LogP contribution < -0.4 is 10.6 Å². The van der Waals surface area contributed by atoms with Crippen molar-refractivity contribution >= 4 is 17.7 Å². The summed E-state index contributed by atoms with van der Waals surface area (Å²) in [7, 11) is 1.81. The smallest absolute Gasteiger partial charge is 0.226 e. The molecule has 4 rings (SSSR count). The van der Waals surface area contributed by atoms with Gasteiger partial charge in [-0.3, -0.25) is 9.48 Å². The van der Waals surface area contributed by atoms with E-state index in [2.05, 4.69) is 25.7 Å². The van der Waals surface area contributed by atoms with Gasteiger partial charge in [-0.15, -0.1) is 0 Å². The summed E-state index contributed by atoms with van der Waals surface area (Å²) in [5.41, 5.74) is 3.07. The molecule has 1 aliphatic heterocycles. The van der Waals surface area contributed by atoms with Gasteiger partial charge in [-0.25, -0.2) is 9.97 Å². The van der Waals surface area contributed by atoms with E-state index in [0.29, 0.717) is 18.9 Å². The predicted molar refractivity (Wildman–Crippen MR) is 94.1 cm³/mol. The van der Waals surface area contributed by atoms with E-state index in [9.17, 15) is 4.79 Å². The van der Waals surface area contributed by atoms with Crippen LogP contribution in [0.3, 0.4) is 0 Å². The highest BCUT2D eigenvalue weighted by atomic mass is 16.1. The number of aryl methyl sites for hydroxylation is 1. The van der Waals surface area contributed by atoms with Gasteiger partial charge in [-0.1, -0.05) is 30.3 Å². The number of amides is 1. The van der Waals surface area contributed by atoms with Gasteiger partial charge in [0.25, 0.3) is 0 Å². The Labute approximate surface area is 145 Å². The fourth-order valence-electron chi connectivity index (χ4n) is 3.02. The Hall–Kier alpha value is -3.22. The first-order chi connectivity index (χ1) is 12.2. The number of anilines is 2. The van der Waals surface area contributed by atoms with Crippen LogP contribution in [-0.4, -0.2) is 25.7 Å². The molecule has 3 aromatic rings. The maximum Gasteiger partial charge on any atom is 0.226 e. The molecule has 2 aromatic heterocycles. The average Bonchev–Trinajstić information content (AvgIpc) is 3.02. The summed E-state index contributed by atoms with van der Waals surface area (Å²) in [6.45, 7) is 0.665. The monoisotopic (exact) mass is 334 g/mol. The molecule has 2 N–H and O–H groups in total. The van der Waals surface area contributed by atoms with Gasteiger partial charge >= 0.3 is 0 Å². The molecule has 126 valence electrons. The third-order valence-corrected chi connectivity index (χ3v) is 4.36. The van der Waals surface area contributed by atoms with Crippen LogP contribution in [0.1, 0.15) is 29.0 Å². The average molecular weight is 334 g/mol. The number of hydrogen-bond donors (Lipinski definition) is 2. The highest BCUT2D eigenvalue weighted by Crippen LogP contribution is 2.36. The number of hydrogen-bond acceptors (Lipinski definition) is 5. The predicted octanol–water partition coefficient (Wildman–Crippen LogP) is 2.30. The molecule has 0 fully saturated rings. The van der Waals surface area contributed by atoms with E-state index in [-0.39, 0.29) is 11.8 Å². The fourth-order valence-corrected chi connectivity index (χ4v) is 3.02. The standard InChI is InChI=1S/C18H18N6O/c1-24-17-15(11-22-24)14(7-16(25)23-17)13-9-20-18(21-10-13)19-8-12-5-3-2-4-6-12/h2-6,9-11,14H,7-8H2,1H3,(H,23,25)(H,19,20,21). The van der Waals surface area contributed by atoms with Crippen molar-refractivity contribution in [3.05, 3.63) is 65.6 Å². The van der Waals surface area contributed by atoms with Gasteiger partial charge in [0, 0.05) is 43.9 Å². The summed E-state index contributed by atoms with van der Waals surface area (Å²) in [6, 6.07) is 10.1. The first-order valence-corrected chi connectivity index (χ1v) is 8.12. The topological polar surface area (TPSA) is 84.7 Å². The minimum Gasteiger partial charge on any atom is -0.350 e. The molecule has 1 amide bonds. The van der Waals surface area contributed by atoms with Gasteiger partial charge < -0.3 is 10.6 Å². The van der Waals surface area contributed by atoms with Gasteiger partial charge in [0.1, 0.15) is 5.82 Å². The zero-order valence-corrected chi connectivity index (χ0v) is 13.8. The molecule has 1 atom stereocenters. The molecule has 3 heterocycles. The zero-order valence-electron chi connectivity index (χ0n) is 13.8. The zero-order chi connectivity index (χ0) is 17.2. The number of carbonyl (C=O) groups is 1. The van der Waals surface area contributed by atoms with Crippen LogP contribution in [0, 0.1) is 0 Å². The molecule has 0 saturated carbocycles. The Balaban J connectivity index is 1.51. The molecule has 0 spiro atoms. The van der Waals surface area contributed by atoms with Gasteiger partial charge in [-0.05, 0) is 11.1 Å². The van der Waals surface area contributed by atoms with E-state index in [0.717, 1.165) is 16.9 Å². The van der Waals surface area contributed by atoms with Crippen molar-refractivity contribution < 1.29 is 4.79 Å². The number of rotatable bonds is 4. The van der Waals surface area contributed by atoms with Crippen molar-refractivity contribution in [2.75, 3.05) is 10.6 Å². The van der Waals surface area contributed by atoms with Crippen LogP contribution in [0.15, 0.2) is 48.9 Å². The van der Waals surface area contributed by atoms with Crippen LogP contribution in [0.2, 0.25) is 0 Å². The van der Waals surface area contributed by atoms with Crippen molar-refractivity contribution in [1.29, 1.82) is 0 Å². The number of nitrogens with one attached hydrogen (secondary N) is 2. The molecule has 1 aromatic carbocycles. The van der Waals surface area contributed by atoms with E-state index in [1.807, 2.05) is 37.4 Å². The van der Waals surface area contributed by atoms with Crippen molar-refractivity contribution in [2.24, 2.45) is 7.05 Å². The van der Waals surface area contributed by atoms with Crippen LogP contribution in [0.5, 0.6) is 0 Å². The molecule has 1 aliphatic rings. The molecule has 25 heavy (non-hydrogen) atoms. The summed E-state index contributed by atoms with van der Waals surface area (Å²) < 4.78 is 1.68. The molecule has 0 aliphatic carbocycles. The number of carbonyl (C=O) groups excluding carboxylic acids is 1. The molecule has 0 bridgehead atoms. The number of benzene rings is 1. The largest absolute Gasteiger partial charge is 0.350 e. The van der Waals surface area contributed by atoms with E-state index in [1.54, 1.807) is 23.3 Å². The normalized spacial score (nSPS) is 16.2. The molecule has 7 nitrogen and oxygen atoms in total. The summed E-state index contributed by atoms with van der Waals surface area (Å²) in [5, 5.41) is 10.3. The molecular formula is C18H18N6O. The lowest BCUT2D eigenvalue weighted by Crippen LogP contribution is -2.24. The summed E-state index contributed by atoms with van der Waals surface area (Å²) >= 11 is 0. The minimum absolute atomic E-state index is 0.0209. The first-order valence-electron chi connectivity index (χ1n) is 8.12. The summed E-state index contributed by atoms with van der Waals surface area (Å²) in [5.74, 6) is 1.22. The van der Waals surface area contributed by atoms with Crippen LogP contribution in [0.25, 0.3) is 0 Å². The Bertz CT molecular complexity index is 888. The van der Waals surface area contributed by atoms with Crippen molar-refractivity contribution in [3.8, 4) is 0 Å². The summed E-state index contributed by atoms with van der Waals surface area (Å²) in [6.07, 6.45) is 5.72. The molecular weight excluding hydrogens is 316 g/mol. The maximum atomic E-state index is 12.0. The number of fused-ring (bicyclic) bond motifs is 1. The van der Waals surface area contributed by atoms with E-state index in [4.69, 9.17) is 0 Å². The molecule has 7 heteroatoms. The maximum absolute atomic E-state index is 12.0. The number of nitrogens with zero attached hydrogens (tertiary/aromatic N) is 4. The first kappa shape index (κ1) is 15.3. The quantitative estimate of drug-likeness (QED) is 0.765. The molecule has 0 radical (unpaired) electrons. The molecule has 1 unspecified atom stereocenters.